The van der Waals surface area contributed by atoms with Gasteiger partial charge in [0.15, 0.2) is 0 Å². The topological polar surface area (TPSA) is 60.9 Å². The molecule has 0 bridgehead atoms. The van der Waals surface area contributed by atoms with Gasteiger partial charge in [-0.25, -0.2) is 9.69 Å². The van der Waals surface area contributed by atoms with Gasteiger partial charge in [0.1, 0.15) is 0 Å². The van der Waals surface area contributed by atoms with Crippen molar-refractivity contribution in [3.8, 4) is 0 Å². The summed E-state index contributed by atoms with van der Waals surface area (Å²) in [7, 11) is 1.33. The van der Waals surface area contributed by atoms with Crippen LogP contribution in [-0.4, -0.2) is 59.4 Å². The first-order chi connectivity index (χ1) is 8.00. The second-order valence-electron chi connectivity index (χ2n) is 4.82. The van der Waals surface area contributed by atoms with Gasteiger partial charge in [0.25, 0.3) is 0 Å². The highest BCUT2D eigenvalue weighted by atomic mass is 16.2. The lowest BCUT2D eigenvalue weighted by molar-refractivity contribution is -0.143. The number of carbonyl (C=O) groups excluding carboxylic acids is 3. The average Bonchev–Trinajstić information content (AvgIpc) is 2.50. The molecule has 2 rings (SSSR count). The molecule has 0 spiro atoms. The third-order valence-corrected chi connectivity index (χ3v) is 3.47. The Morgan fingerprint density at radius 1 is 1.12 bits per heavy atom. The third-order valence-electron chi connectivity index (χ3n) is 3.47. The Bertz CT molecular complexity index is 361. The maximum Gasteiger partial charge on any atom is 0.335 e. The van der Waals surface area contributed by atoms with Crippen molar-refractivity contribution in [2.24, 2.45) is 5.92 Å². The highest BCUT2D eigenvalue weighted by Crippen LogP contribution is 2.18. The van der Waals surface area contributed by atoms with Crippen molar-refractivity contribution in [1.82, 2.24) is 14.7 Å². The first-order valence-corrected chi connectivity index (χ1v) is 5.86. The molecule has 17 heavy (non-hydrogen) atoms. The fourth-order valence-electron chi connectivity index (χ4n) is 2.14. The summed E-state index contributed by atoms with van der Waals surface area (Å²) in [4.78, 5) is 38.5. The average molecular weight is 239 g/mol. The van der Waals surface area contributed by atoms with E-state index < -0.39 is 17.8 Å². The van der Waals surface area contributed by atoms with Crippen molar-refractivity contribution < 1.29 is 14.4 Å². The number of imide groups is 2. The van der Waals surface area contributed by atoms with E-state index in [0.717, 1.165) is 35.7 Å². The second kappa shape index (κ2) is 4.44. The van der Waals surface area contributed by atoms with Crippen LogP contribution in [0.1, 0.15) is 19.8 Å². The smallest absolute Gasteiger partial charge is 0.285 e. The molecule has 6 heteroatoms. The number of piperidine rings is 1. The molecule has 0 N–H and O–H groups in total. The van der Waals surface area contributed by atoms with Crippen molar-refractivity contribution in [3.05, 3.63) is 0 Å². The van der Waals surface area contributed by atoms with Gasteiger partial charge in [-0.05, 0) is 18.8 Å². The fourth-order valence-corrected chi connectivity index (χ4v) is 2.14. The van der Waals surface area contributed by atoms with Gasteiger partial charge < -0.3 is 0 Å². The Hall–Kier alpha value is -1.43. The maximum atomic E-state index is 11.6. The van der Waals surface area contributed by atoms with Crippen LogP contribution in [0.25, 0.3) is 0 Å². The van der Waals surface area contributed by atoms with Crippen LogP contribution in [-0.2, 0) is 9.59 Å². The molecular formula is C11H17N3O3. The van der Waals surface area contributed by atoms with Crippen molar-refractivity contribution in [2.75, 3.05) is 26.8 Å². The van der Waals surface area contributed by atoms with E-state index in [-0.39, 0.29) is 6.67 Å². The van der Waals surface area contributed by atoms with E-state index in [2.05, 4.69) is 6.92 Å². The molecule has 2 saturated heterocycles. The number of likely N-dealkylation sites (N-methyl/N-ethyl adjacent to an activating group) is 1. The molecule has 0 radical (unpaired) electrons. The molecule has 0 aromatic carbocycles. The highest BCUT2D eigenvalue weighted by Gasteiger charge is 2.42. The van der Waals surface area contributed by atoms with Crippen LogP contribution in [0.3, 0.4) is 0 Å². The van der Waals surface area contributed by atoms with Gasteiger partial charge in [-0.1, -0.05) is 6.92 Å². The van der Waals surface area contributed by atoms with Gasteiger partial charge in [-0.3, -0.25) is 19.4 Å². The SMILES string of the molecule is CC1CCN(CN2C(=O)C(=O)N(C)C2=O)CC1. The summed E-state index contributed by atoms with van der Waals surface area (Å²) < 4.78 is 0. The van der Waals surface area contributed by atoms with E-state index in [4.69, 9.17) is 0 Å². The Kier molecular flexibility index (Phi) is 3.15. The van der Waals surface area contributed by atoms with Crippen LogP contribution in [0, 0.1) is 5.92 Å². The molecule has 94 valence electrons. The highest BCUT2D eigenvalue weighted by molar-refractivity contribution is 6.44. The number of hydrogen-bond donors (Lipinski definition) is 0. The zero-order valence-corrected chi connectivity index (χ0v) is 10.2. The van der Waals surface area contributed by atoms with Crippen LogP contribution in [0.5, 0.6) is 0 Å². The fraction of sp³-hybridized carbons (Fsp3) is 0.727. The summed E-state index contributed by atoms with van der Waals surface area (Å²) in [5.74, 6) is -0.753. The van der Waals surface area contributed by atoms with E-state index in [1.54, 1.807) is 0 Å². The van der Waals surface area contributed by atoms with Crippen molar-refractivity contribution in [2.45, 2.75) is 19.8 Å². The standard InChI is InChI=1S/C11H17N3O3/c1-8-3-5-13(6-4-8)7-14-10(16)9(15)12(2)11(14)17/h8H,3-7H2,1-2H3. The minimum atomic E-state index is -0.736. The first kappa shape index (κ1) is 12.0. The van der Waals surface area contributed by atoms with Crippen LogP contribution in [0.4, 0.5) is 4.79 Å². The van der Waals surface area contributed by atoms with E-state index >= 15 is 0 Å². The number of urea groups is 1. The molecule has 0 atom stereocenters. The summed E-state index contributed by atoms with van der Waals surface area (Å²) in [6, 6.07) is -0.515. The quantitative estimate of drug-likeness (QED) is 0.506. The predicted molar refractivity (Wildman–Crippen MR) is 59.9 cm³/mol. The number of rotatable bonds is 2. The third kappa shape index (κ3) is 2.17. The maximum absolute atomic E-state index is 11.6. The Balaban J connectivity index is 1.97. The van der Waals surface area contributed by atoms with Crippen LogP contribution in [0.2, 0.25) is 0 Å². The van der Waals surface area contributed by atoms with E-state index in [9.17, 15) is 14.4 Å². The van der Waals surface area contributed by atoms with Gasteiger partial charge in [-0.15, -0.1) is 0 Å². The minimum Gasteiger partial charge on any atom is -0.285 e. The molecule has 0 saturated carbocycles. The summed E-state index contributed by atoms with van der Waals surface area (Å²) >= 11 is 0. The number of likely N-dealkylation sites (tertiary alicyclic amines) is 1. The lowest BCUT2D eigenvalue weighted by Crippen LogP contribution is -2.44. The van der Waals surface area contributed by atoms with E-state index in [0.29, 0.717) is 5.92 Å². The number of carbonyl (C=O) groups is 3. The van der Waals surface area contributed by atoms with Crippen molar-refractivity contribution in [1.29, 1.82) is 0 Å². The van der Waals surface area contributed by atoms with Crippen LogP contribution in [0.15, 0.2) is 0 Å². The normalized spacial score (nSPS) is 24.0. The molecule has 2 aliphatic heterocycles. The molecule has 0 unspecified atom stereocenters. The lowest BCUT2D eigenvalue weighted by atomic mass is 10.00. The van der Waals surface area contributed by atoms with Gasteiger partial charge in [-0.2, -0.15) is 0 Å². The molecule has 0 aliphatic carbocycles. The lowest BCUT2D eigenvalue weighted by Gasteiger charge is -2.31. The molecule has 4 amide bonds. The summed E-state index contributed by atoms with van der Waals surface area (Å²) in [6.45, 7) is 4.17. The monoisotopic (exact) mass is 239 g/mol. The largest absolute Gasteiger partial charge is 0.335 e. The minimum absolute atomic E-state index is 0.237. The van der Waals surface area contributed by atoms with Crippen LogP contribution < -0.4 is 0 Å². The molecule has 0 aromatic heterocycles. The van der Waals surface area contributed by atoms with Crippen molar-refractivity contribution >= 4 is 17.8 Å². The summed E-state index contributed by atoms with van der Waals surface area (Å²) in [5.41, 5.74) is 0. The predicted octanol–water partition coefficient (Wildman–Crippen LogP) is 0.0964. The zero-order chi connectivity index (χ0) is 12.6. The Morgan fingerprint density at radius 3 is 2.18 bits per heavy atom. The van der Waals surface area contributed by atoms with E-state index in [1.807, 2.05) is 4.90 Å². The molecular weight excluding hydrogens is 222 g/mol. The summed E-state index contributed by atoms with van der Waals surface area (Å²) in [6.07, 6.45) is 2.14. The van der Waals surface area contributed by atoms with E-state index in [1.165, 1.54) is 7.05 Å². The molecule has 2 heterocycles. The van der Waals surface area contributed by atoms with Crippen LogP contribution >= 0.6 is 0 Å². The Morgan fingerprint density at radius 2 is 1.71 bits per heavy atom. The van der Waals surface area contributed by atoms with Gasteiger partial charge in [0, 0.05) is 20.1 Å². The Labute approximate surface area is 100 Å². The molecule has 2 aliphatic rings. The molecule has 6 nitrogen and oxygen atoms in total. The van der Waals surface area contributed by atoms with Gasteiger partial charge in [0.2, 0.25) is 0 Å². The number of nitrogens with zero attached hydrogens (tertiary/aromatic N) is 3. The number of amides is 4. The van der Waals surface area contributed by atoms with Crippen molar-refractivity contribution in [3.63, 3.8) is 0 Å². The van der Waals surface area contributed by atoms with Gasteiger partial charge in [0.05, 0.1) is 6.67 Å². The second-order valence-corrected chi connectivity index (χ2v) is 4.82. The zero-order valence-electron chi connectivity index (χ0n) is 10.2. The summed E-state index contributed by atoms with van der Waals surface area (Å²) in [5, 5.41) is 0. The number of hydrogen-bond acceptors (Lipinski definition) is 4. The first-order valence-electron chi connectivity index (χ1n) is 5.86. The molecule has 2 fully saturated rings. The van der Waals surface area contributed by atoms with Gasteiger partial charge >= 0.3 is 17.8 Å². The molecule has 0 aromatic rings.